The average Bonchev–Trinajstić information content (AvgIpc) is 2.64. The molecule has 0 aliphatic rings. The molecule has 124 valence electrons. The van der Waals surface area contributed by atoms with Gasteiger partial charge in [0.2, 0.25) is 5.91 Å². The van der Waals surface area contributed by atoms with Gasteiger partial charge in [0, 0.05) is 0 Å². The molecule has 0 fully saturated rings. The maximum Gasteiger partial charge on any atom is 0.239 e. The summed E-state index contributed by atoms with van der Waals surface area (Å²) in [6.07, 6.45) is 0. The van der Waals surface area contributed by atoms with E-state index in [1.54, 1.807) is 37.4 Å². The smallest absolute Gasteiger partial charge is 0.239 e. The third-order valence-electron chi connectivity index (χ3n) is 3.24. The van der Waals surface area contributed by atoms with E-state index in [0.717, 1.165) is 5.75 Å². The third kappa shape index (κ3) is 5.21. The number of para-hydroxylation sites is 1. The van der Waals surface area contributed by atoms with Crippen LogP contribution < -0.4 is 20.1 Å². The van der Waals surface area contributed by atoms with E-state index in [-0.39, 0.29) is 12.5 Å². The fraction of sp³-hybridized carbons (Fsp3) is 0.222. The molecule has 0 radical (unpaired) electrons. The molecule has 0 aliphatic heterocycles. The number of rotatable bonds is 8. The lowest BCUT2D eigenvalue weighted by molar-refractivity contribution is -0.119. The minimum absolute atomic E-state index is 0.0984. The van der Waals surface area contributed by atoms with Crippen molar-refractivity contribution in [2.45, 2.75) is 0 Å². The van der Waals surface area contributed by atoms with Crippen LogP contribution >= 0.6 is 0 Å². The molecule has 0 unspecified atom stereocenters. The lowest BCUT2D eigenvalue weighted by atomic mass is 10.2. The summed E-state index contributed by atoms with van der Waals surface area (Å²) in [5.74, 6) is 1.31. The minimum Gasteiger partial charge on any atom is -0.497 e. The molecule has 2 rings (SSSR count). The van der Waals surface area contributed by atoms with Gasteiger partial charge in [-0.05, 0) is 36.4 Å². The quantitative estimate of drug-likeness (QED) is 0.727. The first-order valence-corrected chi connectivity index (χ1v) is 7.49. The second-order valence-electron chi connectivity index (χ2n) is 4.88. The van der Waals surface area contributed by atoms with Crippen molar-refractivity contribution in [3.8, 4) is 17.6 Å². The molecule has 0 heterocycles. The summed E-state index contributed by atoms with van der Waals surface area (Å²) in [7, 11) is 1.61. The van der Waals surface area contributed by atoms with Crippen LogP contribution in [0, 0.1) is 11.3 Å². The first-order valence-electron chi connectivity index (χ1n) is 7.49. The van der Waals surface area contributed by atoms with Gasteiger partial charge in [0.15, 0.2) is 0 Å². The van der Waals surface area contributed by atoms with Gasteiger partial charge < -0.3 is 20.1 Å². The van der Waals surface area contributed by atoms with Crippen LogP contribution in [0.2, 0.25) is 0 Å². The lowest BCUT2D eigenvalue weighted by Gasteiger charge is -2.10. The Hall–Kier alpha value is -3.20. The van der Waals surface area contributed by atoms with Crippen LogP contribution in [0.5, 0.6) is 11.5 Å². The van der Waals surface area contributed by atoms with E-state index in [1.807, 2.05) is 18.2 Å². The van der Waals surface area contributed by atoms with Crippen LogP contribution in [-0.2, 0) is 4.79 Å². The van der Waals surface area contributed by atoms with E-state index in [0.29, 0.717) is 30.2 Å². The summed E-state index contributed by atoms with van der Waals surface area (Å²) >= 11 is 0. The maximum absolute atomic E-state index is 11.8. The molecular weight excluding hydrogens is 306 g/mol. The largest absolute Gasteiger partial charge is 0.497 e. The van der Waals surface area contributed by atoms with Crippen molar-refractivity contribution < 1.29 is 14.3 Å². The van der Waals surface area contributed by atoms with Gasteiger partial charge in [0.1, 0.15) is 24.2 Å². The highest BCUT2D eigenvalue weighted by Crippen LogP contribution is 2.16. The number of anilines is 1. The Kier molecular flexibility index (Phi) is 6.47. The third-order valence-corrected chi connectivity index (χ3v) is 3.24. The molecule has 24 heavy (non-hydrogen) atoms. The van der Waals surface area contributed by atoms with Crippen molar-refractivity contribution in [1.29, 1.82) is 5.26 Å². The number of ether oxygens (including phenoxy) is 2. The number of hydrogen-bond donors (Lipinski definition) is 2. The molecule has 2 aromatic carbocycles. The number of nitrogens with zero attached hydrogens (tertiary/aromatic N) is 1. The van der Waals surface area contributed by atoms with E-state index in [1.165, 1.54) is 0 Å². The number of carbonyl (C=O) groups excluding carboxylic acids is 1. The normalized spacial score (nSPS) is 9.67. The Morgan fingerprint density at radius 2 is 1.83 bits per heavy atom. The molecule has 2 aromatic rings. The highest BCUT2D eigenvalue weighted by Gasteiger charge is 2.04. The summed E-state index contributed by atoms with van der Waals surface area (Å²) in [5, 5.41) is 14.7. The molecule has 6 nitrogen and oxygen atoms in total. The van der Waals surface area contributed by atoms with Gasteiger partial charge in [-0.15, -0.1) is 0 Å². The van der Waals surface area contributed by atoms with Crippen LogP contribution in [-0.4, -0.2) is 32.7 Å². The van der Waals surface area contributed by atoms with E-state index in [2.05, 4.69) is 16.7 Å². The highest BCUT2D eigenvalue weighted by atomic mass is 16.5. The molecule has 0 aromatic heterocycles. The second kappa shape index (κ2) is 9.06. The summed E-state index contributed by atoms with van der Waals surface area (Å²) in [5.41, 5.74) is 1.15. The topological polar surface area (TPSA) is 83.4 Å². The van der Waals surface area contributed by atoms with Gasteiger partial charge in [0.05, 0.1) is 31.5 Å². The summed E-state index contributed by atoms with van der Waals surface area (Å²) in [4.78, 5) is 11.8. The van der Waals surface area contributed by atoms with Gasteiger partial charge >= 0.3 is 0 Å². The molecule has 0 saturated heterocycles. The zero-order chi connectivity index (χ0) is 17.2. The summed E-state index contributed by atoms with van der Waals surface area (Å²) in [6.45, 7) is 0.862. The lowest BCUT2D eigenvalue weighted by Crippen LogP contribution is -2.33. The van der Waals surface area contributed by atoms with Crippen LogP contribution in [0.15, 0.2) is 48.5 Å². The molecule has 0 bridgehead atoms. The number of benzene rings is 2. The Labute approximate surface area is 141 Å². The molecule has 0 aliphatic carbocycles. The van der Waals surface area contributed by atoms with Crippen LogP contribution in [0.1, 0.15) is 5.56 Å². The monoisotopic (exact) mass is 325 g/mol. The van der Waals surface area contributed by atoms with E-state index in [9.17, 15) is 4.79 Å². The number of nitrogens with one attached hydrogen (secondary N) is 2. The molecule has 1 amide bonds. The number of carbonyl (C=O) groups is 1. The van der Waals surface area contributed by atoms with Gasteiger partial charge in [0.25, 0.3) is 0 Å². The predicted octanol–water partition coefficient (Wildman–Crippen LogP) is 2.17. The number of hydrogen-bond acceptors (Lipinski definition) is 5. The summed E-state index contributed by atoms with van der Waals surface area (Å²) in [6, 6.07) is 16.4. The SMILES string of the molecule is COc1ccc(OCCNC(=O)CNc2ccccc2C#N)cc1. The fourth-order valence-corrected chi connectivity index (χ4v) is 2.00. The minimum atomic E-state index is -0.166. The van der Waals surface area contributed by atoms with Crippen molar-refractivity contribution in [1.82, 2.24) is 5.32 Å². The molecular formula is C18H19N3O3. The van der Waals surface area contributed by atoms with E-state index >= 15 is 0 Å². The molecule has 6 heteroatoms. The molecule has 0 saturated carbocycles. The molecule has 0 spiro atoms. The number of nitriles is 1. The number of methoxy groups -OCH3 is 1. The van der Waals surface area contributed by atoms with Crippen molar-refractivity contribution >= 4 is 11.6 Å². The maximum atomic E-state index is 11.8. The average molecular weight is 325 g/mol. The van der Waals surface area contributed by atoms with Crippen LogP contribution in [0.25, 0.3) is 0 Å². The highest BCUT2D eigenvalue weighted by molar-refractivity contribution is 5.81. The standard InChI is InChI=1S/C18H19N3O3/c1-23-15-6-8-16(9-7-15)24-11-10-20-18(22)13-21-17-5-3-2-4-14(17)12-19/h2-9,21H,10-11,13H2,1H3,(H,20,22). The Bertz CT molecular complexity index is 708. The van der Waals surface area contributed by atoms with Crippen LogP contribution in [0.3, 0.4) is 0 Å². The van der Waals surface area contributed by atoms with Crippen molar-refractivity contribution in [2.24, 2.45) is 0 Å². The first-order chi connectivity index (χ1) is 11.7. The molecule has 2 N–H and O–H groups in total. The zero-order valence-electron chi connectivity index (χ0n) is 13.4. The van der Waals surface area contributed by atoms with Crippen molar-refractivity contribution in [3.05, 3.63) is 54.1 Å². The number of amides is 1. The molecule has 0 atom stereocenters. The Morgan fingerprint density at radius 1 is 1.12 bits per heavy atom. The van der Waals surface area contributed by atoms with Gasteiger partial charge in [-0.2, -0.15) is 5.26 Å². The second-order valence-corrected chi connectivity index (χ2v) is 4.88. The van der Waals surface area contributed by atoms with E-state index in [4.69, 9.17) is 14.7 Å². The van der Waals surface area contributed by atoms with E-state index < -0.39 is 0 Å². The van der Waals surface area contributed by atoms with Gasteiger partial charge in [-0.3, -0.25) is 4.79 Å². The Balaban J connectivity index is 1.67. The fourth-order valence-electron chi connectivity index (χ4n) is 2.00. The zero-order valence-corrected chi connectivity index (χ0v) is 13.4. The predicted molar refractivity (Wildman–Crippen MR) is 91.1 cm³/mol. The Morgan fingerprint density at radius 3 is 2.54 bits per heavy atom. The summed E-state index contributed by atoms with van der Waals surface area (Å²) < 4.78 is 10.6. The van der Waals surface area contributed by atoms with Gasteiger partial charge in [-0.1, -0.05) is 12.1 Å². The first kappa shape index (κ1) is 17.2. The van der Waals surface area contributed by atoms with Crippen molar-refractivity contribution in [3.63, 3.8) is 0 Å². The van der Waals surface area contributed by atoms with Gasteiger partial charge in [-0.25, -0.2) is 0 Å². The van der Waals surface area contributed by atoms with Crippen molar-refractivity contribution in [2.75, 3.05) is 32.1 Å². The van der Waals surface area contributed by atoms with Crippen LogP contribution in [0.4, 0.5) is 5.69 Å².